The molecule has 2 unspecified atom stereocenters. The van der Waals surface area contributed by atoms with Crippen molar-refractivity contribution in [3.8, 4) is 0 Å². The van der Waals surface area contributed by atoms with E-state index in [1.165, 1.54) is 7.11 Å². The average molecular weight is 281 g/mol. The Morgan fingerprint density at radius 2 is 2.00 bits per heavy atom. The van der Waals surface area contributed by atoms with Gasteiger partial charge in [0.15, 0.2) is 0 Å². The van der Waals surface area contributed by atoms with Gasteiger partial charge >= 0.3 is 5.97 Å². The molecule has 2 atom stereocenters. The van der Waals surface area contributed by atoms with Crippen LogP contribution in [0.3, 0.4) is 0 Å². The first-order chi connectivity index (χ1) is 9.47. The maximum Gasteiger partial charge on any atom is 0.337 e. The van der Waals surface area contributed by atoms with E-state index in [1.807, 2.05) is 12.1 Å². The highest BCUT2D eigenvalue weighted by molar-refractivity contribution is 5.89. The smallest absolute Gasteiger partial charge is 0.337 e. The first-order valence-electron chi connectivity index (χ1n) is 6.77. The third kappa shape index (κ3) is 2.10. The number of carbonyl (C=O) groups is 1. The number of methoxy groups -OCH3 is 1. The number of rotatable bonds is 2. The van der Waals surface area contributed by atoms with Crippen molar-refractivity contribution in [2.24, 2.45) is 5.41 Å². The highest BCUT2D eigenvalue weighted by Gasteiger charge is 2.71. The van der Waals surface area contributed by atoms with Gasteiger partial charge in [-0.1, -0.05) is 12.1 Å². The number of benzene rings is 1. The molecule has 3 nitrogen and oxygen atoms in total. The summed E-state index contributed by atoms with van der Waals surface area (Å²) in [7, 11) is 1.33. The lowest BCUT2D eigenvalue weighted by Gasteiger charge is -2.31. The zero-order valence-electron chi connectivity index (χ0n) is 11.3. The summed E-state index contributed by atoms with van der Waals surface area (Å²) in [5, 5.41) is 3.28. The monoisotopic (exact) mass is 281 g/mol. The van der Waals surface area contributed by atoms with E-state index in [2.05, 4.69) is 10.1 Å². The van der Waals surface area contributed by atoms with E-state index in [1.54, 1.807) is 12.1 Å². The lowest BCUT2D eigenvalue weighted by molar-refractivity contribution is 0.0433. The van der Waals surface area contributed by atoms with E-state index in [0.717, 1.165) is 5.56 Å². The van der Waals surface area contributed by atoms with Gasteiger partial charge in [-0.25, -0.2) is 13.6 Å². The molecule has 1 saturated heterocycles. The van der Waals surface area contributed by atoms with Crippen LogP contribution in [0.25, 0.3) is 0 Å². The molecule has 2 fully saturated rings. The fourth-order valence-corrected chi connectivity index (χ4v) is 3.13. The van der Waals surface area contributed by atoms with E-state index < -0.39 is 17.3 Å². The van der Waals surface area contributed by atoms with Crippen molar-refractivity contribution < 1.29 is 18.3 Å². The zero-order chi connectivity index (χ0) is 14.4. The van der Waals surface area contributed by atoms with Gasteiger partial charge in [0.25, 0.3) is 5.92 Å². The molecule has 5 heteroatoms. The SMILES string of the molecule is COC(=O)c1ccc(C2CC3(CCN2)CC3(F)F)cc1. The van der Waals surface area contributed by atoms with E-state index >= 15 is 0 Å². The van der Waals surface area contributed by atoms with Crippen molar-refractivity contribution in [3.63, 3.8) is 0 Å². The Balaban J connectivity index is 1.75. The summed E-state index contributed by atoms with van der Waals surface area (Å²) >= 11 is 0. The Bertz CT molecular complexity index is 529. The molecular weight excluding hydrogens is 264 g/mol. The third-order valence-corrected chi connectivity index (χ3v) is 4.53. The lowest BCUT2D eigenvalue weighted by atomic mass is 9.85. The van der Waals surface area contributed by atoms with Crippen LogP contribution in [-0.4, -0.2) is 25.5 Å². The number of alkyl halides is 2. The normalized spacial score (nSPS) is 31.1. The summed E-state index contributed by atoms with van der Waals surface area (Å²) in [5.74, 6) is -2.89. The molecule has 20 heavy (non-hydrogen) atoms. The van der Waals surface area contributed by atoms with Crippen molar-refractivity contribution in [1.82, 2.24) is 5.32 Å². The van der Waals surface area contributed by atoms with Crippen LogP contribution < -0.4 is 5.32 Å². The van der Waals surface area contributed by atoms with E-state index in [-0.39, 0.29) is 12.5 Å². The second-order valence-electron chi connectivity index (χ2n) is 5.74. The van der Waals surface area contributed by atoms with Crippen molar-refractivity contribution in [2.75, 3.05) is 13.7 Å². The molecule has 1 heterocycles. The van der Waals surface area contributed by atoms with Gasteiger partial charge in [0.1, 0.15) is 0 Å². The van der Waals surface area contributed by atoms with Crippen LogP contribution in [0, 0.1) is 5.41 Å². The number of esters is 1. The quantitative estimate of drug-likeness (QED) is 0.847. The van der Waals surface area contributed by atoms with Crippen LogP contribution in [0.1, 0.15) is 41.2 Å². The zero-order valence-corrected chi connectivity index (χ0v) is 11.3. The number of carbonyl (C=O) groups excluding carboxylic acids is 1. The minimum Gasteiger partial charge on any atom is -0.465 e. The molecule has 1 aromatic rings. The average Bonchev–Trinajstić information content (AvgIpc) is 2.97. The van der Waals surface area contributed by atoms with E-state index in [0.29, 0.717) is 24.9 Å². The molecule has 0 aromatic heterocycles. The first-order valence-corrected chi connectivity index (χ1v) is 6.77. The van der Waals surface area contributed by atoms with Crippen LogP contribution >= 0.6 is 0 Å². The molecular formula is C15H17F2NO2. The minimum atomic E-state index is -2.50. The number of halogens is 2. The van der Waals surface area contributed by atoms with Crippen LogP contribution in [0.5, 0.6) is 0 Å². The second kappa shape index (κ2) is 4.52. The van der Waals surface area contributed by atoms with Gasteiger partial charge in [-0.3, -0.25) is 0 Å². The van der Waals surface area contributed by atoms with Crippen LogP contribution in [0.4, 0.5) is 8.78 Å². The lowest BCUT2D eigenvalue weighted by Crippen LogP contribution is -2.35. The van der Waals surface area contributed by atoms with E-state index in [9.17, 15) is 13.6 Å². The Kier molecular flexibility index (Phi) is 3.05. The van der Waals surface area contributed by atoms with Crippen molar-refractivity contribution in [3.05, 3.63) is 35.4 Å². The predicted molar refractivity (Wildman–Crippen MR) is 69.8 cm³/mol. The van der Waals surface area contributed by atoms with Crippen LogP contribution in [0.15, 0.2) is 24.3 Å². The Labute approximate surface area is 116 Å². The molecule has 1 aliphatic heterocycles. The van der Waals surface area contributed by atoms with E-state index in [4.69, 9.17) is 0 Å². The van der Waals surface area contributed by atoms with Gasteiger partial charge in [0, 0.05) is 17.9 Å². The van der Waals surface area contributed by atoms with Crippen LogP contribution in [-0.2, 0) is 4.74 Å². The molecule has 3 rings (SSSR count). The van der Waals surface area contributed by atoms with Crippen LogP contribution in [0.2, 0.25) is 0 Å². The second-order valence-corrected chi connectivity index (χ2v) is 5.74. The maximum atomic E-state index is 13.5. The standard InChI is InChI=1S/C15H17F2NO2/c1-20-13(19)11-4-2-10(3-5-11)12-8-14(6-7-18-12)9-15(14,16)17/h2-5,12,18H,6-9H2,1H3. The third-order valence-electron chi connectivity index (χ3n) is 4.53. The number of nitrogens with one attached hydrogen (secondary N) is 1. The topological polar surface area (TPSA) is 38.3 Å². The first kappa shape index (κ1) is 13.5. The van der Waals surface area contributed by atoms with Crippen molar-refractivity contribution >= 4 is 5.97 Å². The Hall–Kier alpha value is -1.49. The molecule has 1 aromatic carbocycles. The molecule has 1 aliphatic carbocycles. The maximum absolute atomic E-state index is 13.5. The van der Waals surface area contributed by atoms with Gasteiger partial charge in [-0.15, -0.1) is 0 Å². The van der Waals surface area contributed by atoms with Gasteiger partial charge in [0.2, 0.25) is 0 Å². The highest BCUT2D eigenvalue weighted by atomic mass is 19.3. The number of hydrogen-bond donors (Lipinski definition) is 1. The summed E-state index contributed by atoms with van der Waals surface area (Å²) in [6, 6.07) is 6.90. The molecule has 1 spiro atoms. The molecule has 0 amide bonds. The molecule has 0 bridgehead atoms. The molecule has 0 radical (unpaired) electrons. The summed E-state index contributed by atoms with van der Waals surface area (Å²) in [6.45, 7) is 0.610. The fourth-order valence-electron chi connectivity index (χ4n) is 3.13. The molecule has 1 saturated carbocycles. The summed E-state index contributed by atoms with van der Waals surface area (Å²) in [6.07, 6.45) is 1.01. The largest absolute Gasteiger partial charge is 0.465 e. The van der Waals surface area contributed by atoms with Gasteiger partial charge < -0.3 is 10.1 Å². The van der Waals surface area contributed by atoms with Gasteiger partial charge in [-0.2, -0.15) is 0 Å². The number of hydrogen-bond acceptors (Lipinski definition) is 3. The fraction of sp³-hybridized carbons (Fsp3) is 0.533. The Morgan fingerprint density at radius 3 is 2.55 bits per heavy atom. The summed E-state index contributed by atoms with van der Waals surface area (Å²) in [5.41, 5.74) is 0.613. The van der Waals surface area contributed by atoms with Gasteiger partial charge in [0.05, 0.1) is 12.7 Å². The highest BCUT2D eigenvalue weighted by Crippen LogP contribution is 2.67. The van der Waals surface area contributed by atoms with Crippen molar-refractivity contribution in [1.29, 1.82) is 0 Å². The minimum absolute atomic E-state index is 0.0123. The molecule has 2 aliphatic rings. The number of ether oxygens (including phenoxy) is 1. The molecule has 1 N–H and O–H groups in total. The summed E-state index contributed by atoms with van der Waals surface area (Å²) < 4.78 is 31.6. The molecule has 108 valence electrons. The summed E-state index contributed by atoms with van der Waals surface area (Å²) in [4.78, 5) is 11.4. The van der Waals surface area contributed by atoms with Gasteiger partial charge in [-0.05, 0) is 37.1 Å². The number of piperidine rings is 1. The predicted octanol–water partition coefficient (Wildman–Crippen LogP) is 2.92. The Morgan fingerprint density at radius 1 is 1.35 bits per heavy atom. The van der Waals surface area contributed by atoms with Crippen molar-refractivity contribution in [2.45, 2.75) is 31.2 Å².